The highest BCUT2D eigenvalue weighted by Gasteiger charge is 2.17. The fourth-order valence-electron chi connectivity index (χ4n) is 2.03. The number of carbonyl (C=O) groups excluding carboxylic acids is 1. The first-order valence-corrected chi connectivity index (χ1v) is 7.44. The molecule has 0 aliphatic carbocycles. The molecular weight excluding hydrogens is 284 g/mol. The average Bonchev–Trinajstić information content (AvgIpc) is 3.05. The predicted octanol–water partition coefficient (Wildman–Crippen LogP) is 3.01. The minimum absolute atomic E-state index is 0.107. The van der Waals surface area contributed by atoms with E-state index in [1.165, 1.54) is 7.11 Å². The molecule has 0 spiro atoms. The molecule has 1 unspecified atom stereocenters. The van der Waals surface area contributed by atoms with Crippen molar-refractivity contribution in [2.45, 2.75) is 19.0 Å². The van der Waals surface area contributed by atoms with Gasteiger partial charge in [0.05, 0.1) is 31.2 Å². The minimum atomic E-state index is -0.255. The van der Waals surface area contributed by atoms with E-state index in [4.69, 9.17) is 10.00 Å². The second-order valence-corrected chi connectivity index (χ2v) is 5.48. The Balaban J connectivity index is 2.09. The summed E-state index contributed by atoms with van der Waals surface area (Å²) in [5, 5.41) is 14.4. The number of esters is 1. The van der Waals surface area contributed by atoms with Gasteiger partial charge in [-0.15, -0.1) is 11.3 Å². The van der Waals surface area contributed by atoms with Crippen LogP contribution in [0.15, 0.2) is 41.8 Å². The maximum atomic E-state index is 11.5. The number of hydrogen-bond acceptors (Lipinski definition) is 5. The van der Waals surface area contributed by atoms with Gasteiger partial charge in [0.15, 0.2) is 0 Å². The molecule has 1 aromatic carbocycles. The monoisotopic (exact) mass is 300 g/mol. The van der Waals surface area contributed by atoms with Gasteiger partial charge in [-0.1, -0.05) is 24.3 Å². The highest BCUT2D eigenvalue weighted by molar-refractivity contribution is 7.10. The molecule has 0 radical (unpaired) electrons. The number of ether oxygens (including phenoxy) is 1. The fourth-order valence-corrected chi connectivity index (χ4v) is 2.83. The van der Waals surface area contributed by atoms with Gasteiger partial charge in [0.25, 0.3) is 0 Å². The fraction of sp³-hybridized carbons (Fsp3) is 0.250. The van der Waals surface area contributed by atoms with Crippen molar-refractivity contribution in [2.75, 3.05) is 7.11 Å². The summed E-state index contributed by atoms with van der Waals surface area (Å²) in [6.45, 7) is 0.531. The van der Waals surface area contributed by atoms with Gasteiger partial charge in [0, 0.05) is 11.4 Å². The van der Waals surface area contributed by atoms with Crippen molar-refractivity contribution < 1.29 is 9.53 Å². The molecule has 0 fully saturated rings. The van der Waals surface area contributed by atoms with Crippen LogP contribution in [0.1, 0.15) is 28.5 Å². The van der Waals surface area contributed by atoms with Gasteiger partial charge in [0.2, 0.25) is 0 Å². The first kappa shape index (κ1) is 15.2. The quantitative estimate of drug-likeness (QED) is 0.833. The van der Waals surface area contributed by atoms with Gasteiger partial charge in [0.1, 0.15) is 0 Å². The smallest absolute Gasteiger partial charge is 0.307 e. The Kier molecular flexibility index (Phi) is 5.50. The van der Waals surface area contributed by atoms with Crippen LogP contribution in [0.25, 0.3) is 0 Å². The first-order valence-electron chi connectivity index (χ1n) is 6.56. The molecule has 0 aliphatic heterocycles. The van der Waals surface area contributed by atoms with Crippen molar-refractivity contribution in [1.82, 2.24) is 5.32 Å². The van der Waals surface area contributed by atoms with Crippen molar-refractivity contribution in [1.29, 1.82) is 5.26 Å². The van der Waals surface area contributed by atoms with Crippen molar-refractivity contribution in [2.24, 2.45) is 0 Å². The Morgan fingerprint density at radius 2 is 2.19 bits per heavy atom. The Bertz CT molecular complexity index is 632. The standard InChI is InChI=1S/C16H16N2O2S/c1-20-16(19)9-14(15-7-4-8-21-15)18-11-13-6-3-2-5-12(13)10-17/h2-8,14,18H,9,11H2,1H3. The molecule has 1 heterocycles. The topological polar surface area (TPSA) is 62.1 Å². The molecule has 0 bridgehead atoms. The summed E-state index contributed by atoms with van der Waals surface area (Å²) >= 11 is 1.59. The summed E-state index contributed by atoms with van der Waals surface area (Å²) in [5.74, 6) is -0.255. The van der Waals surface area contributed by atoms with Crippen LogP contribution in [-0.2, 0) is 16.1 Å². The van der Waals surface area contributed by atoms with Gasteiger partial charge in [-0.2, -0.15) is 5.26 Å². The molecule has 0 aliphatic rings. The Labute approximate surface area is 128 Å². The number of hydrogen-bond donors (Lipinski definition) is 1. The predicted molar refractivity (Wildman–Crippen MR) is 81.7 cm³/mol. The molecule has 2 aromatic rings. The Morgan fingerprint density at radius 1 is 1.38 bits per heavy atom. The molecular formula is C16H16N2O2S. The maximum absolute atomic E-state index is 11.5. The lowest BCUT2D eigenvalue weighted by Gasteiger charge is -2.17. The SMILES string of the molecule is COC(=O)CC(NCc1ccccc1C#N)c1cccs1. The van der Waals surface area contributed by atoms with E-state index in [0.29, 0.717) is 12.1 Å². The number of nitrogens with zero attached hydrogens (tertiary/aromatic N) is 1. The van der Waals surface area contributed by atoms with Crippen molar-refractivity contribution in [3.8, 4) is 6.07 Å². The first-order chi connectivity index (χ1) is 10.2. The molecule has 1 atom stereocenters. The van der Waals surface area contributed by atoms with Gasteiger partial charge in [-0.3, -0.25) is 4.79 Å². The summed E-state index contributed by atoms with van der Waals surface area (Å²) in [4.78, 5) is 12.6. The van der Waals surface area contributed by atoms with Crippen molar-refractivity contribution in [3.63, 3.8) is 0 Å². The zero-order valence-electron chi connectivity index (χ0n) is 11.7. The lowest BCUT2D eigenvalue weighted by Crippen LogP contribution is -2.23. The summed E-state index contributed by atoms with van der Waals surface area (Å²) in [5.41, 5.74) is 1.57. The molecule has 0 saturated heterocycles. The van der Waals surface area contributed by atoms with E-state index < -0.39 is 0 Å². The second-order valence-electron chi connectivity index (χ2n) is 4.50. The lowest BCUT2D eigenvalue weighted by molar-refractivity contribution is -0.141. The van der Waals surface area contributed by atoms with Crippen LogP contribution >= 0.6 is 11.3 Å². The zero-order valence-corrected chi connectivity index (χ0v) is 12.5. The molecule has 1 aromatic heterocycles. The van der Waals surface area contributed by atoms with E-state index >= 15 is 0 Å². The van der Waals surface area contributed by atoms with E-state index in [0.717, 1.165) is 10.4 Å². The Morgan fingerprint density at radius 3 is 2.86 bits per heavy atom. The number of nitrogens with one attached hydrogen (secondary N) is 1. The highest BCUT2D eigenvalue weighted by Crippen LogP contribution is 2.23. The van der Waals surface area contributed by atoms with Crippen LogP contribution in [0.5, 0.6) is 0 Å². The zero-order chi connectivity index (χ0) is 15.1. The molecule has 5 heteroatoms. The van der Waals surface area contributed by atoms with Gasteiger partial charge >= 0.3 is 5.97 Å². The van der Waals surface area contributed by atoms with E-state index in [1.54, 1.807) is 17.4 Å². The number of rotatable bonds is 6. The number of methoxy groups -OCH3 is 1. The van der Waals surface area contributed by atoms with Crippen LogP contribution in [-0.4, -0.2) is 13.1 Å². The van der Waals surface area contributed by atoms with E-state index in [2.05, 4.69) is 11.4 Å². The minimum Gasteiger partial charge on any atom is -0.469 e. The number of nitriles is 1. The van der Waals surface area contributed by atoms with Crippen LogP contribution in [0.2, 0.25) is 0 Å². The summed E-state index contributed by atoms with van der Waals surface area (Å²) < 4.78 is 4.75. The van der Waals surface area contributed by atoms with E-state index in [-0.39, 0.29) is 18.4 Å². The lowest BCUT2D eigenvalue weighted by atomic mass is 10.1. The highest BCUT2D eigenvalue weighted by atomic mass is 32.1. The average molecular weight is 300 g/mol. The van der Waals surface area contributed by atoms with Crippen LogP contribution in [0, 0.1) is 11.3 Å². The van der Waals surface area contributed by atoms with Crippen LogP contribution in [0.3, 0.4) is 0 Å². The summed E-state index contributed by atoms with van der Waals surface area (Å²) in [6.07, 6.45) is 0.270. The third kappa shape index (κ3) is 4.15. The molecule has 1 N–H and O–H groups in total. The molecule has 108 valence electrons. The molecule has 4 nitrogen and oxygen atoms in total. The molecule has 0 amide bonds. The van der Waals surface area contributed by atoms with Crippen LogP contribution in [0.4, 0.5) is 0 Å². The second kappa shape index (κ2) is 7.58. The van der Waals surface area contributed by atoms with E-state index in [9.17, 15) is 4.79 Å². The number of thiophene rings is 1. The van der Waals surface area contributed by atoms with Crippen molar-refractivity contribution in [3.05, 3.63) is 57.8 Å². The Hall–Kier alpha value is -2.16. The van der Waals surface area contributed by atoms with Gasteiger partial charge in [-0.05, 0) is 23.1 Å². The van der Waals surface area contributed by atoms with E-state index in [1.807, 2.05) is 35.7 Å². The number of carbonyl (C=O) groups is 1. The van der Waals surface area contributed by atoms with Crippen molar-refractivity contribution >= 4 is 17.3 Å². The largest absolute Gasteiger partial charge is 0.469 e. The third-order valence-corrected chi connectivity index (χ3v) is 4.15. The number of benzene rings is 1. The molecule has 0 saturated carbocycles. The maximum Gasteiger partial charge on any atom is 0.307 e. The molecule has 2 rings (SSSR count). The van der Waals surface area contributed by atoms with Gasteiger partial charge in [-0.25, -0.2) is 0 Å². The summed E-state index contributed by atoms with van der Waals surface area (Å²) in [6, 6.07) is 13.5. The van der Waals surface area contributed by atoms with Crippen LogP contribution < -0.4 is 5.32 Å². The summed E-state index contributed by atoms with van der Waals surface area (Å²) in [7, 11) is 1.39. The molecule has 21 heavy (non-hydrogen) atoms. The normalized spacial score (nSPS) is 11.6. The van der Waals surface area contributed by atoms with Gasteiger partial charge < -0.3 is 10.1 Å². The third-order valence-electron chi connectivity index (χ3n) is 3.16.